The molecule has 2 rings (SSSR count). The number of hydrogen-bond donors (Lipinski definition) is 2. The average molecular weight is 425 g/mol. The summed E-state index contributed by atoms with van der Waals surface area (Å²) in [4.78, 5) is 12.3. The SMILES string of the molecule is Cc1ccc(OC[C@](C)(O)C(=O)Nc2ccc(I)c(C)c2)cc1. The second kappa shape index (κ2) is 7.31. The van der Waals surface area contributed by atoms with Crippen LogP contribution in [0.15, 0.2) is 42.5 Å². The lowest BCUT2D eigenvalue weighted by molar-refractivity contribution is -0.135. The molecule has 0 saturated carbocycles. The fourth-order valence-electron chi connectivity index (χ4n) is 1.91. The standard InChI is InChI=1S/C18H20INO3/c1-12-4-7-15(8-5-12)23-11-18(3,22)17(21)20-14-6-9-16(19)13(2)10-14/h4-10,22H,11H2,1-3H3,(H,20,21)/t18-/m0/s1. The quantitative estimate of drug-likeness (QED) is 0.719. The van der Waals surface area contributed by atoms with Gasteiger partial charge in [0, 0.05) is 9.26 Å². The molecule has 0 bridgehead atoms. The summed E-state index contributed by atoms with van der Waals surface area (Å²) < 4.78 is 6.64. The maximum Gasteiger partial charge on any atom is 0.259 e. The Balaban J connectivity index is 1.98. The molecule has 0 heterocycles. The van der Waals surface area contributed by atoms with Gasteiger partial charge in [-0.15, -0.1) is 0 Å². The molecule has 2 aromatic carbocycles. The summed E-state index contributed by atoms with van der Waals surface area (Å²) in [5.74, 6) is 0.124. The number of amides is 1. The van der Waals surface area contributed by atoms with Gasteiger partial charge in [0.25, 0.3) is 5.91 Å². The molecular weight excluding hydrogens is 405 g/mol. The van der Waals surface area contributed by atoms with E-state index >= 15 is 0 Å². The summed E-state index contributed by atoms with van der Waals surface area (Å²) in [6.45, 7) is 5.27. The molecule has 0 saturated heterocycles. The summed E-state index contributed by atoms with van der Waals surface area (Å²) >= 11 is 2.23. The largest absolute Gasteiger partial charge is 0.490 e. The van der Waals surface area contributed by atoms with Crippen LogP contribution >= 0.6 is 22.6 Å². The Hall–Kier alpha value is -1.60. The second-order valence-corrected chi connectivity index (χ2v) is 6.96. The molecule has 23 heavy (non-hydrogen) atoms. The molecule has 0 fully saturated rings. The Labute approximate surface area is 150 Å². The molecule has 2 aromatic rings. The molecule has 0 aliphatic heterocycles. The molecule has 0 aromatic heterocycles. The van der Waals surface area contributed by atoms with Crippen molar-refractivity contribution < 1.29 is 14.6 Å². The average Bonchev–Trinajstić information content (AvgIpc) is 2.50. The van der Waals surface area contributed by atoms with Crippen molar-refractivity contribution in [2.24, 2.45) is 0 Å². The predicted octanol–water partition coefficient (Wildman–Crippen LogP) is 3.68. The first-order valence-corrected chi connectivity index (χ1v) is 8.35. The molecule has 5 heteroatoms. The zero-order valence-corrected chi connectivity index (χ0v) is 15.5. The summed E-state index contributed by atoms with van der Waals surface area (Å²) in [6, 6.07) is 13.1. The van der Waals surface area contributed by atoms with Crippen molar-refractivity contribution in [3.05, 3.63) is 57.2 Å². The van der Waals surface area contributed by atoms with E-state index in [2.05, 4.69) is 27.9 Å². The smallest absolute Gasteiger partial charge is 0.259 e. The third kappa shape index (κ3) is 4.94. The summed E-state index contributed by atoms with van der Waals surface area (Å²) in [5.41, 5.74) is 1.22. The Bertz CT molecular complexity index is 696. The van der Waals surface area contributed by atoms with Crippen molar-refractivity contribution >= 4 is 34.2 Å². The van der Waals surface area contributed by atoms with Gasteiger partial charge in [0.1, 0.15) is 12.4 Å². The van der Waals surface area contributed by atoms with Gasteiger partial charge in [0.15, 0.2) is 5.60 Å². The van der Waals surface area contributed by atoms with Crippen LogP contribution in [0.5, 0.6) is 5.75 Å². The minimum absolute atomic E-state index is 0.120. The molecule has 0 radical (unpaired) electrons. The molecule has 0 unspecified atom stereocenters. The summed E-state index contributed by atoms with van der Waals surface area (Å²) in [6.07, 6.45) is 0. The number of ether oxygens (including phenoxy) is 1. The summed E-state index contributed by atoms with van der Waals surface area (Å²) in [7, 11) is 0. The van der Waals surface area contributed by atoms with Crippen molar-refractivity contribution in [1.82, 2.24) is 0 Å². The fraction of sp³-hybridized carbons (Fsp3) is 0.278. The minimum Gasteiger partial charge on any atom is -0.490 e. The molecule has 2 N–H and O–H groups in total. The van der Waals surface area contributed by atoms with E-state index in [1.807, 2.05) is 56.3 Å². The van der Waals surface area contributed by atoms with E-state index in [0.29, 0.717) is 11.4 Å². The lowest BCUT2D eigenvalue weighted by Gasteiger charge is -2.22. The van der Waals surface area contributed by atoms with E-state index < -0.39 is 11.5 Å². The maximum atomic E-state index is 12.3. The normalized spacial score (nSPS) is 13.3. The van der Waals surface area contributed by atoms with Crippen LogP contribution in [0.2, 0.25) is 0 Å². The van der Waals surface area contributed by atoms with Gasteiger partial charge in [-0.1, -0.05) is 17.7 Å². The molecule has 4 nitrogen and oxygen atoms in total. The Morgan fingerprint density at radius 2 is 1.87 bits per heavy atom. The lowest BCUT2D eigenvalue weighted by atomic mass is 10.1. The number of carbonyl (C=O) groups excluding carboxylic acids is 1. The van der Waals surface area contributed by atoms with Crippen LogP contribution < -0.4 is 10.1 Å². The van der Waals surface area contributed by atoms with Crippen molar-refractivity contribution in [2.45, 2.75) is 26.4 Å². The molecule has 1 amide bonds. The zero-order valence-electron chi connectivity index (χ0n) is 13.4. The monoisotopic (exact) mass is 425 g/mol. The topological polar surface area (TPSA) is 58.6 Å². The van der Waals surface area contributed by atoms with Gasteiger partial charge in [0.05, 0.1) is 0 Å². The van der Waals surface area contributed by atoms with Gasteiger partial charge >= 0.3 is 0 Å². The van der Waals surface area contributed by atoms with Crippen molar-refractivity contribution in [3.8, 4) is 5.75 Å². The van der Waals surface area contributed by atoms with Gasteiger partial charge in [-0.05, 0) is 79.3 Å². The van der Waals surface area contributed by atoms with Crippen molar-refractivity contribution in [1.29, 1.82) is 0 Å². The highest BCUT2D eigenvalue weighted by molar-refractivity contribution is 14.1. The Morgan fingerprint density at radius 1 is 1.22 bits per heavy atom. The first-order valence-electron chi connectivity index (χ1n) is 7.27. The van der Waals surface area contributed by atoms with Crippen LogP contribution in [0.25, 0.3) is 0 Å². The first kappa shape index (κ1) is 17.7. The second-order valence-electron chi connectivity index (χ2n) is 5.79. The molecule has 0 spiro atoms. The van der Waals surface area contributed by atoms with Crippen LogP contribution in [-0.4, -0.2) is 23.2 Å². The van der Waals surface area contributed by atoms with Gasteiger partial charge in [0.2, 0.25) is 0 Å². The number of halogens is 1. The zero-order chi connectivity index (χ0) is 17.0. The molecule has 122 valence electrons. The fourth-order valence-corrected chi connectivity index (χ4v) is 2.25. The number of carbonyl (C=O) groups is 1. The van der Waals surface area contributed by atoms with E-state index in [-0.39, 0.29) is 6.61 Å². The number of nitrogens with one attached hydrogen (secondary N) is 1. The van der Waals surface area contributed by atoms with Gasteiger partial charge in [-0.3, -0.25) is 4.79 Å². The van der Waals surface area contributed by atoms with E-state index in [0.717, 1.165) is 14.7 Å². The highest BCUT2D eigenvalue weighted by Gasteiger charge is 2.31. The van der Waals surface area contributed by atoms with Gasteiger partial charge in [-0.2, -0.15) is 0 Å². The molecule has 1 atom stereocenters. The van der Waals surface area contributed by atoms with Crippen LogP contribution in [0.3, 0.4) is 0 Å². The minimum atomic E-state index is -1.62. The maximum absolute atomic E-state index is 12.3. The van der Waals surface area contributed by atoms with Crippen molar-refractivity contribution in [3.63, 3.8) is 0 Å². The van der Waals surface area contributed by atoms with Gasteiger partial charge in [-0.25, -0.2) is 0 Å². The Morgan fingerprint density at radius 3 is 2.48 bits per heavy atom. The predicted molar refractivity (Wildman–Crippen MR) is 99.8 cm³/mol. The summed E-state index contributed by atoms with van der Waals surface area (Å²) in [5, 5.41) is 13.1. The molecule has 0 aliphatic carbocycles. The number of rotatable bonds is 5. The van der Waals surface area contributed by atoms with E-state index in [1.165, 1.54) is 6.92 Å². The number of benzene rings is 2. The van der Waals surface area contributed by atoms with Crippen LogP contribution in [0, 0.1) is 17.4 Å². The third-order valence-corrected chi connectivity index (χ3v) is 4.66. The van der Waals surface area contributed by atoms with E-state index in [1.54, 1.807) is 0 Å². The van der Waals surface area contributed by atoms with E-state index in [9.17, 15) is 9.90 Å². The van der Waals surface area contributed by atoms with Crippen molar-refractivity contribution in [2.75, 3.05) is 11.9 Å². The highest BCUT2D eigenvalue weighted by atomic mass is 127. The first-order chi connectivity index (χ1) is 10.8. The molecular formula is C18H20INO3. The van der Waals surface area contributed by atoms with Crippen LogP contribution in [-0.2, 0) is 4.79 Å². The van der Waals surface area contributed by atoms with E-state index in [4.69, 9.17) is 4.74 Å². The number of anilines is 1. The number of aryl methyl sites for hydroxylation is 2. The van der Waals surface area contributed by atoms with Gasteiger partial charge < -0.3 is 15.2 Å². The highest BCUT2D eigenvalue weighted by Crippen LogP contribution is 2.19. The number of hydrogen-bond acceptors (Lipinski definition) is 3. The lowest BCUT2D eigenvalue weighted by Crippen LogP contribution is -2.45. The van der Waals surface area contributed by atoms with Crippen LogP contribution in [0.1, 0.15) is 18.1 Å². The van der Waals surface area contributed by atoms with Crippen LogP contribution in [0.4, 0.5) is 5.69 Å². The molecule has 0 aliphatic rings. The third-order valence-electron chi connectivity index (χ3n) is 3.45. The number of aliphatic hydroxyl groups is 1. The Kier molecular flexibility index (Phi) is 5.64.